The number of rotatable bonds is 5. The minimum Gasteiger partial charge on any atom is -0.309 e. The Balaban J connectivity index is 0.0000000979. The van der Waals surface area contributed by atoms with Gasteiger partial charge < -0.3 is 18.3 Å². The molecule has 4 aliphatic heterocycles. The quantitative estimate of drug-likeness (QED) is 0.127. The summed E-state index contributed by atoms with van der Waals surface area (Å²) in [5.41, 5.74) is 19.8. The van der Waals surface area contributed by atoms with E-state index in [0.29, 0.717) is 0 Å². The summed E-state index contributed by atoms with van der Waals surface area (Å²) < 4.78 is 63.0. The molecule has 0 radical (unpaired) electrons. The Kier molecular flexibility index (Phi) is 21.4. The Morgan fingerprint density at radius 1 is 0.137 bits per heavy atom. The fourth-order valence-corrected chi connectivity index (χ4v) is 36.0. The highest BCUT2D eigenvalue weighted by Gasteiger charge is 2.45. The summed E-state index contributed by atoms with van der Waals surface area (Å²) in [6.45, 7) is 0. The summed E-state index contributed by atoms with van der Waals surface area (Å²) in [4.78, 5) is 4.33. The van der Waals surface area contributed by atoms with E-state index in [1.807, 2.05) is 140 Å². The zero-order valence-electron chi connectivity index (χ0n) is 79.3. The largest absolute Gasteiger partial charge is 0.309 e. The normalized spacial score (nSPS) is 16.2. The van der Waals surface area contributed by atoms with Crippen LogP contribution in [0, 0.1) is 0 Å². The number of benzene rings is 25. The molecule has 4 aliphatic rings. The Hall–Kier alpha value is -17.1. The van der Waals surface area contributed by atoms with Gasteiger partial charge in [-0.2, -0.15) is 0 Å². The lowest BCUT2D eigenvalue weighted by Gasteiger charge is -2.24. The van der Waals surface area contributed by atoms with Crippen molar-refractivity contribution in [3.8, 4) is 100 Å². The lowest BCUT2D eigenvalue weighted by atomic mass is 9.83. The maximum absolute atomic E-state index is 16.4. The molecule has 9 heteroatoms. The van der Waals surface area contributed by atoms with Gasteiger partial charge in [0, 0.05) is 92.7 Å². The minimum absolute atomic E-state index is 0.809. The Morgan fingerprint density at radius 3 is 0.829 bits per heavy atom. The van der Waals surface area contributed by atoms with Gasteiger partial charge in [0.15, 0.2) is 28.6 Å². The summed E-state index contributed by atoms with van der Waals surface area (Å²) in [6.07, 6.45) is 3.56. The molecular weight excluding hydrogens is 1850 g/mol. The molecule has 0 aliphatic carbocycles. The number of pyridine rings is 1. The molecular formula is C137H89NO4P4. The van der Waals surface area contributed by atoms with E-state index in [4.69, 9.17) is 0 Å². The predicted octanol–water partition coefficient (Wildman–Crippen LogP) is 31.3. The molecule has 26 aromatic rings. The van der Waals surface area contributed by atoms with Crippen LogP contribution in [0.4, 0.5) is 0 Å². The van der Waals surface area contributed by atoms with E-state index in [2.05, 4.69) is 393 Å². The van der Waals surface area contributed by atoms with Crippen LogP contribution in [0.25, 0.3) is 197 Å². The van der Waals surface area contributed by atoms with E-state index >= 15 is 13.7 Å². The van der Waals surface area contributed by atoms with Gasteiger partial charge in [-0.1, -0.05) is 479 Å². The van der Waals surface area contributed by atoms with Gasteiger partial charge >= 0.3 is 0 Å². The Bertz CT molecular complexity index is 10000. The first-order valence-electron chi connectivity index (χ1n) is 49.6. The van der Waals surface area contributed by atoms with Crippen LogP contribution in [0.2, 0.25) is 0 Å². The summed E-state index contributed by atoms with van der Waals surface area (Å²) >= 11 is 0. The first-order chi connectivity index (χ1) is 72.0. The molecule has 0 bridgehead atoms. The molecule has 0 saturated carbocycles. The lowest BCUT2D eigenvalue weighted by Crippen LogP contribution is -2.26. The molecule has 0 fully saturated rings. The zero-order valence-corrected chi connectivity index (χ0v) is 82.8. The molecule has 146 heavy (non-hydrogen) atoms. The molecule has 0 saturated heterocycles. The monoisotopic (exact) mass is 1940 g/mol. The van der Waals surface area contributed by atoms with Crippen LogP contribution < -0.4 is 63.7 Å². The van der Waals surface area contributed by atoms with Crippen LogP contribution in [0.1, 0.15) is 0 Å². The van der Waals surface area contributed by atoms with Crippen molar-refractivity contribution in [2.75, 3.05) is 0 Å². The molecule has 5 heterocycles. The van der Waals surface area contributed by atoms with Crippen LogP contribution in [-0.4, -0.2) is 4.98 Å². The van der Waals surface area contributed by atoms with E-state index in [0.717, 1.165) is 201 Å². The zero-order chi connectivity index (χ0) is 97.4. The van der Waals surface area contributed by atoms with Crippen molar-refractivity contribution in [1.82, 2.24) is 4.98 Å². The van der Waals surface area contributed by atoms with Crippen LogP contribution >= 0.6 is 28.6 Å². The summed E-state index contributed by atoms with van der Waals surface area (Å²) in [5, 5.41) is 31.4. The number of hydrogen-bond donors (Lipinski definition) is 0. The third-order valence-electron chi connectivity index (χ3n) is 30.4. The van der Waals surface area contributed by atoms with Gasteiger partial charge in [-0.25, -0.2) is 0 Å². The molecule has 0 spiro atoms. The molecule has 25 aromatic carbocycles. The Labute approximate surface area is 846 Å². The van der Waals surface area contributed by atoms with Crippen molar-refractivity contribution in [1.29, 1.82) is 0 Å². The average Bonchev–Trinajstić information content (AvgIpc) is 1.56. The van der Waals surface area contributed by atoms with E-state index in [1.165, 1.54) is 59.8 Å². The molecule has 0 N–H and O–H groups in total. The van der Waals surface area contributed by atoms with Gasteiger partial charge in [-0.3, -0.25) is 4.98 Å². The maximum atomic E-state index is 16.4. The SMILES string of the molecule is O=P1(c2ccc(-c3ccccc3)cc2)c2cc3ccccc3cc2-c2ccc3ccccc3c2-c2c1ccc1ccccc21.O=P1(c2ccccc2)c2cc3ccccc3cc2-c2ccc3ccccc3c2-c2c1ccc1ccccc21.O=P1(c2ccccc2)c2ccccc2-c2c(c3ccccc3c3ccccc23)-c2c1ccc1ccccc21.O=P1(c2ccccc2)c2ccccc2-c2ccccc2-c2ccncc21. The second-order valence-electron chi connectivity index (χ2n) is 38.1. The molecule has 5 nitrogen and oxygen atoms in total. The smallest absolute Gasteiger partial charge is 0.173 e. The molecule has 4 atom stereocenters. The molecule has 1 aromatic heterocycles. The molecule has 4 unspecified atom stereocenters. The fraction of sp³-hybridized carbons (Fsp3) is 0. The average molecular weight is 1940 g/mol. The Morgan fingerprint density at radius 2 is 0.411 bits per heavy atom. The van der Waals surface area contributed by atoms with Gasteiger partial charge in [0.25, 0.3) is 0 Å². The van der Waals surface area contributed by atoms with Crippen LogP contribution in [0.5, 0.6) is 0 Å². The van der Waals surface area contributed by atoms with Crippen molar-refractivity contribution in [3.05, 3.63) is 540 Å². The summed E-state index contributed by atoms with van der Waals surface area (Å²) in [5.74, 6) is 0. The fourth-order valence-electron chi connectivity index (χ4n) is 23.8. The molecule has 0 amide bonds. The van der Waals surface area contributed by atoms with E-state index in [1.54, 1.807) is 12.4 Å². The number of nitrogens with zero attached hydrogens (tertiary/aromatic N) is 1. The molecule has 686 valence electrons. The van der Waals surface area contributed by atoms with Crippen molar-refractivity contribution in [3.63, 3.8) is 0 Å². The highest BCUT2D eigenvalue weighted by molar-refractivity contribution is 7.87. The number of aromatic nitrogens is 1. The summed E-state index contributed by atoms with van der Waals surface area (Å²) in [6, 6.07) is 183. The first kappa shape index (κ1) is 87.9. The number of hydrogen-bond acceptors (Lipinski definition) is 5. The number of fused-ring (bicyclic) bond motifs is 37. The third kappa shape index (κ3) is 13.9. The highest BCUT2D eigenvalue weighted by Crippen LogP contribution is 2.61. The van der Waals surface area contributed by atoms with E-state index < -0.39 is 28.6 Å². The maximum Gasteiger partial charge on any atom is 0.173 e. The van der Waals surface area contributed by atoms with Crippen LogP contribution in [0.3, 0.4) is 0 Å². The van der Waals surface area contributed by atoms with Crippen molar-refractivity contribution < 1.29 is 18.3 Å². The van der Waals surface area contributed by atoms with E-state index in [-0.39, 0.29) is 0 Å². The van der Waals surface area contributed by atoms with Gasteiger partial charge in [0.05, 0.1) is 0 Å². The standard InChI is InChI=1S/C42H27OP.2C36H23OP.C23H16NOP/c43-44(34-22-18-29(19-23-34)28-10-2-1-3-11-28)39-25-21-31-13-7-9-17-36(31)42(39)41-35-16-8-6-12-30(35)20-24-37(41)38-26-32-14-4-5-15-33(32)27-40(38)44;37-38(25-13-2-1-3-14-25)32-21-11-10-20-31(32)34-29-18-8-6-16-27(29)28-17-7-9-19-30(28)36(34)35-26-15-5-4-12-24(26)22-23-33(35)38;37-38(28-14-2-1-3-15-28)33-21-19-25-11-7-9-17-30(25)36(33)35-29-16-8-6-10-24(29)18-20-31(35)32-22-26-12-4-5-13-27(26)23-34(32)38;25-26(17-8-2-1-3-9-17)22-13-7-6-12-20(22)18-10-4-5-11-19(18)21-14-15-24-16-23(21)26/h1-27H;2*1-23H;1-16H. The second-order valence-corrected chi connectivity index (χ2v) is 48.9. The topological polar surface area (TPSA) is 81.2 Å². The van der Waals surface area contributed by atoms with Crippen molar-refractivity contribution in [2.45, 2.75) is 0 Å². The van der Waals surface area contributed by atoms with Crippen molar-refractivity contribution in [2.24, 2.45) is 0 Å². The second kappa shape index (κ2) is 35.5. The minimum atomic E-state index is -3.37. The van der Waals surface area contributed by atoms with Gasteiger partial charge in [0.1, 0.15) is 0 Å². The van der Waals surface area contributed by atoms with Crippen molar-refractivity contribution >= 4 is 189 Å². The highest BCUT2D eigenvalue weighted by atomic mass is 31.2. The predicted molar refractivity (Wildman–Crippen MR) is 622 cm³/mol. The van der Waals surface area contributed by atoms with Gasteiger partial charge in [-0.05, 0) is 229 Å². The first-order valence-corrected chi connectivity index (χ1v) is 56.4. The van der Waals surface area contributed by atoms with E-state index in [9.17, 15) is 4.57 Å². The molecule has 30 rings (SSSR count). The van der Waals surface area contributed by atoms with Crippen LogP contribution in [0.15, 0.2) is 540 Å². The third-order valence-corrected chi connectivity index (χ3v) is 42.9. The summed E-state index contributed by atoms with van der Waals surface area (Å²) in [7, 11) is -12.9. The van der Waals surface area contributed by atoms with Gasteiger partial charge in [-0.15, -0.1) is 0 Å². The van der Waals surface area contributed by atoms with Crippen LogP contribution in [-0.2, 0) is 18.3 Å². The van der Waals surface area contributed by atoms with Gasteiger partial charge in [0.2, 0.25) is 0 Å². The lowest BCUT2D eigenvalue weighted by molar-refractivity contribution is 0.591.